The van der Waals surface area contributed by atoms with Crippen molar-refractivity contribution in [1.29, 1.82) is 0 Å². The molecule has 0 saturated carbocycles. The molecule has 13 nitrogen and oxygen atoms in total. The van der Waals surface area contributed by atoms with Gasteiger partial charge in [-0.05, 0) is 24.1 Å². The SMILES string of the molecule is COCCOCCOCC(=O)NC(CCC(=O)N(CCNC(=O)c1nc(-c2ccccc2)oc1-c1ccccc1)Cc1ccccc1)C(=O)O. The number of oxazole rings is 1. The van der Waals surface area contributed by atoms with E-state index in [0.717, 1.165) is 11.1 Å². The zero-order valence-electron chi connectivity index (χ0n) is 27.9. The molecular weight excluding hydrogens is 644 g/mol. The Bertz CT molecular complexity index is 1650. The van der Waals surface area contributed by atoms with Gasteiger partial charge < -0.3 is 39.3 Å². The average Bonchev–Trinajstić information content (AvgIpc) is 3.59. The lowest BCUT2D eigenvalue weighted by Crippen LogP contribution is -2.44. The summed E-state index contributed by atoms with van der Waals surface area (Å²) >= 11 is 0. The third-order valence-corrected chi connectivity index (χ3v) is 7.45. The van der Waals surface area contributed by atoms with Crippen LogP contribution in [-0.2, 0) is 35.1 Å². The number of carbonyl (C=O) groups is 4. The molecule has 50 heavy (non-hydrogen) atoms. The quantitative estimate of drug-likeness (QED) is 0.110. The van der Waals surface area contributed by atoms with E-state index in [1.54, 1.807) is 12.0 Å². The van der Waals surface area contributed by atoms with Crippen LogP contribution in [0.5, 0.6) is 0 Å². The van der Waals surface area contributed by atoms with E-state index in [0.29, 0.717) is 30.4 Å². The van der Waals surface area contributed by atoms with Crippen LogP contribution in [0, 0.1) is 0 Å². The fraction of sp³-hybridized carbons (Fsp3) is 0.324. The number of ether oxygens (including phenoxy) is 3. The number of nitrogens with one attached hydrogen (secondary N) is 2. The zero-order chi connectivity index (χ0) is 35.6. The van der Waals surface area contributed by atoms with Crippen LogP contribution in [-0.4, -0.2) is 98.0 Å². The Morgan fingerprint density at radius 2 is 1.46 bits per heavy atom. The van der Waals surface area contributed by atoms with Crippen LogP contribution in [0.1, 0.15) is 28.9 Å². The van der Waals surface area contributed by atoms with Crippen LogP contribution in [0.25, 0.3) is 22.8 Å². The first-order valence-electron chi connectivity index (χ1n) is 16.2. The molecule has 0 aliphatic rings. The molecule has 1 atom stereocenters. The second-order valence-electron chi connectivity index (χ2n) is 11.1. The van der Waals surface area contributed by atoms with E-state index in [9.17, 15) is 24.3 Å². The van der Waals surface area contributed by atoms with E-state index in [1.807, 2.05) is 91.0 Å². The summed E-state index contributed by atoms with van der Waals surface area (Å²) < 4.78 is 21.5. The lowest BCUT2D eigenvalue weighted by atomic mass is 10.1. The number of benzene rings is 3. The standard InChI is InChI=1S/C37H42N4O9/c1-47-21-22-48-23-24-49-26-31(42)39-30(37(45)46)17-18-32(43)41(25-27-11-5-2-6-12-27)20-19-38-35(44)33-34(28-13-7-3-8-14-28)50-36(40-33)29-15-9-4-10-16-29/h2-16,30H,17-26H2,1H3,(H,38,44)(H,39,42)(H,45,46). The number of carboxylic acids is 1. The van der Waals surface area contributed by atoms with Crippen molar-refractivity contribution in [2.45, 2.75) is 25.4 Å². The predicted molar refractivity (Wildman–Crippen MR) is 184 cm³/mol. The number of nitrogens with zero attached hydrogens (tertiary/aromatic N) is 2. The number of aliphatic carboxylic acids is 1. The summed E-state index contributed by atoms with van der Waals surface area (Å²) in [5.41, 5.74) is 2.37. The van der Waals surface area contributed by atoms with Crippen LogP contribution in [0.4, 0.5) is 0 Å². The number of hydrogen-bond donors (Lipinski definition) is 3. The molecule has 4 rings (SSSR count). The van der Waals surface area contributed by atoms with Crippen LogP contribution in [0.3, 0.4) is 0 Å². The Labute approximate surface area is 290 Å². The van der Waals surface area contributed by atoms with Gasteiger partial charge in [0.15, 0.2) is 11.5 Å². The van der Waals surface area contributed by atoms with Crippen LogP contribution >= 0.6 is 0 Å². The molecule has 0 aliphatic heterocycles. The largest absolute Gasteiger partial charge is 0.480 e. The molecule has 0 spiro atoms. The molecule has 3 amide bonds. The van der Waals surface area contributed by atoms with Gasteiger partial charge in [0.05, 0.1) is 26.4 Å². The molecular formula is C37H42N4O9. The van der Waals surface area contributed by atoms with Crippen molar-refractivity contribution in [2.75, 3.05) is 53.2 Å². The molecule has 0 bridgehead atoms. The molecule has 1 aromatic heterocycles. The van der Waals surface area contributed by atoms with Crippen molar-refractivity contribution in [1.82, 2.24) is 20.5 Å². The van der Waals surface area contributed by atoms with E-state index in [4.69, 9.17) is 18.6 Å². The summed E-state index contributed by atoms with van der Waals surface area (Å²) in [7, 11) is 1.56. The highest BCUT2D eigenvalue weighted by Gasteiger charge is 2.25. The Morgan fingerprint density at radius 1 is 0.840 bits per heavy atom. The molecule has 1 heterocycles. The maximum Gasteiger partial charge on any atom is 0.326 e. The molecule has 0 radical (unpaired) electrons. The minimum absolute atomic E-state index is 0.0881. The smallest absolute Gasteiger partial charge is 0.326 e. The summed E-state index contributed by atoms with van der Waals surface area (Å²) in [6.45, 7) is 1.33. The number of methoxy groups -OCH3 is 1. The predicted octanol–water partition coefficient (Wildman–Crippen LogP) is 3.80. The summed E-state index contributed by atoms with van der Waals surface area (Å²) in [5.74, 6) is -2.09. The molecule has 3 N–H and O–H groups in total. The first-order chi connectivity index (χ1) is 24.4. The summed E-state index contributed by atoms with van der Waals surface area (Å²) in [4.78, 5) is 57.2. The Kier molecular flexibility index (Phi) is 15.1. The Morgan fingerprint density at radius 3 is 2.12 bits per heavy atom. The van der Waals surface area contributed by atoms with Gasteiger partial charge in [0, 0.05) is 44.3 Å². The van der Waals surface area contributed by atoms with Gasteiger partial charge in [-0.3, -0.25) is 14.4 Å². The molecule has 4 aromatic rings. The maximum atomic E-state index is 13.5. The Balaban J connectivity index is 1.36. The first kappa shape index (κ1) is 37.4. The normalized spacial score (nSPS) is 11.5. The molecule has 0 aliphatic carbocycles. The van der Waals surface area contributed by atoms with Crippen molar-refractivity contribution in [3.05, 3.63) is 102 Å². The maximum absolute atomic E-state index is 13.5. The molecule has 0 saturated heterocycles. The van der Waals surface area contributed by atoms with E-state index in [-0.39, 0.29) is 63.9 Å². The number of rotatable bonds is 21. The highest BCUT2D eigenvalue weighted by atomic mass is 16.5. The minimum Gasteiger partial charge on any atom is -0.480 e. The van der Waals surface area contributed by atoms with Crippen molar-refractivity contribution in [3.63, 3.8) is 0 Å². The first-order valence-corrected chi connectivity index (χ1v) is 16.2. The number of hydrogen-bond acceptors (Lipinski definition) is 9. The second kappa shape index (κ2) is 20.2. The minimum atomic E-state index is -1.30. The average molecular weight is 687 g/mol. The van der Waals surface area contributed by atoms with E-state index >= 15 is 0 Å². The van der Waals surface area contributed by atoms with Gasteiger partial charge in [-0.15, -0.1) is 0 Å². The van der Waals surface area contributed by atoms with Crippen molar-refractivity contribution in [2.24, 2.45) is 0 Å². The van der Waals surface area contributed by atoms with Crippen molar-refractivity contribution >= 4 is 23.7 Å². The lowest BCUT2D eigenvalue weighted by Gasteiger charge is -2.24. The van der Waals surface area contributed by atoms with Gasteiger partial charge in [-0.25, -0.2) is 9.78 Å². The molecule has 3 aromatic carbocycles. The van der Waals surface area contributed by atoms with Crippen LogP contribution in [0.2, 0.25) is 0 Å². The summed E-state index contributed by atoms with van der Waals surface area (Å²) in [6.07, 6.45) is -0.298. The van der Waals surface area contributed by atoms with Crippen LogP contribution < -0.4 is 10.6 Å². The number of aromatic nitrogens is 1. The van der Waals surface area contributed by atoms with Crippen LogP contribution in [0.15, 0.2) is 95.4 Å². The van der Waals surface area contributed by atoms with E-state index in [1.165, 1.54) is 0 Å². The Hall–Kier alpha value is -5.37. The fourth-order valence-electron chi connectivity index (χ4n) is 4.89. The summed E-state index contributed by atoms with van der Waals surface area (Å²) in [6, 6.07) is 26.5. The number of carboxylic acid groups (broad SMARTS) is 1. The van der Waals surface area contributed by atoms with Gasteiger partial charge >= 0.3 is 5.97 Å². The van der Waals surface area contributed by atoms with Gasteiger partial charge in [-0.2, -0.15) is 0 Å². The van der Waals surface area contributed by atoms with E-state index in [2.05, 4.69) is 15.6 Å². The molecule has 0 fully saturated rings. The topological polar surface area (TPSA) is 170 Å². The highest BCUT2D eigenvalue weighted by Crippen LogP contribution is 2.29. The second-order valence-corrected chi connectivity index (χ2v) is 11.1. The van der Waals surface area contributed by atoms with Crippen molar-refractivity contribution in [3.8, 4) is 22.8 Å². The fourth-order valence-corrected chi connectivity index (χ4v) is 4.89. The van der Waals surface area contributed by atoms with Gasteiger partial charge in [0.2, 0.25) is 17.7 Å². The zero-order valence-corrected chi connectivity index (χ0v) is 27.9. The van der Waals surface area contributed by atoms with Crippen molar-refractivity contribution < 1.29 is 42.9 Å². The van der Waals surface area contributed by atoms with E-state index < -0.39 is 23.8 Å². The van der Waals surface area contributed by atoms with Gasteiger partial charge in [0.1, 0.15) is 12.6 Å². The third kappa shape index (κ3) is 11.9. The number of amides is 3. The lowest BCUT2D eigenvalue weighted by molar-refractivity contribution is -0.143. The molecule has 1 unspecified atom stereocenters. The molecule has 13 heteroatoms. The van der Waals surface area contributed by atoms with Gasteiger partial charge in [0.25, 0.3) is 5.91 Å². The number of carbonyl (C=O) groups excluding carboxylic acids is 3. The highest BCUT2D eigenvalue weighted by molar-refractivity contribution is 5.98. The summed E-state index contributed by atoms with van der Waals surface area (Å²) in [5, 5.41) is 15.0. The molecule has 264 valence electrons. The monoisotopic (exact) mass is 686 g/mol. The van der Waals surface area contributed by atoms with Gasteiger partial charge in [-0.1, -0.05) is 78.9 Å². The third-order valence-electron chi connectivity index (χ3n) is 7.45.